The molecule has 0 radical (unpaired) electrons. The molecule has 3 heterocycles. The van der Waals surface area contributed by atoms with E-state index in [-0.39, 0.29) is 121 Å². The van der Waals surface area contributed by atoms with Gasteiger partial charge in [-0.25, -0.2) is 0 Å². The number of fused-ring (bicyclic) bond motifs is 1. The third kappa shape index (κ3) is 38.5. The summed E-state index contributed by atoms with van der Waals surface area (Å²) in [6, 6.07) is 5.17. The molecule has 0 spiro atoms. The standard InChI is InChI=1S/C92H139N21O21/c1-5-6-7-8-9-10-11-12-19-38-75(118)98-45-41-76(119)97-43-25-23-34-64(105-86(129)71(54-114)102-57(4)116)83(126)110-72(55-115)87(130)107-68(47-58-28-15-13-16-29-58)85(128)106-67(39-40-78(121)122)91(134)113-53-61(117)50-74(113)89(132)109-69(48-59-30-17-14-18-31-59)84(127)104-65(36-26-44-99-92(95)96)82(125)108-70(49-60-51-100-63-33-21-20-32-62(60)63)81(124)101-52-77(120)103-66(35-22-24-42-93)90(133)112-46-27-37-73(112)88(131)111-79(56(2)3)80(94)123/h13-18,20-21,28-33,51,56,61,64-74,79,100,114-115,117H,5-12,19,22-27,34-50,52-55,93H2,1-4H3,(H2,94,123)(H,97,119)(H,98,118)(H,101,124)(H,102,116)(H,103,120)(H,104,127)(H,105,129)(H,106,128)(H,107,130)(H,108,125)(H,109,132)(H,110,126)(H,111,131)(H,121,122)(H4,95,96,99)/t61-,64+,65+,66?,67+,68+,69-,70+,71+,72+,73?,74?,79+/m1/s1. The molecule has 2 fully saturated rings. The van der Waals surface area contributed by atoms with Crippen LogP contribution in [-0.2, 0) is 101 Å². The first kappa shape index (κ1) is 110. The number of amides is 16. The summed E-state index contributed by atoms with van der Waals surface area (Å²) in [6.07, 6.45) is 9.15. The van der Waals surface area contributed by atoms with Gasteiger partial charge >= 0.3 is 5.97 Å². The Bertz CT molecular complexity index is 4540. The van der Waals surface area contributed by atoms with Crippen molar-refractivity contribution in [2.45, 2.75) is 280 Å². The number of carboxylic acids is 1. The van der Waals surface area contributed by atoms with Gasteiger partial charge in [-0.3, -0.25) is 86.9 Å². The summed E-state index contributed by atoms with van der Waals surface area (Å²) < 4.78 is 0. The third-order valence-electron chi connectivity index (χ3n) is 23.2. The summed E-state index contributed by atoms with van der Waals surface area (Å²) in [4.78, 5) is 242. The molecular formula is C92H139N21O21. The molecule has 1 aromatic heterocycles. The van der Waals surface area contributed by atoms with E-state index in [1.807, 2.05) is 0 Å². The van der Waals surface area contributed by atoms with Crippen LogP contribution in [0.25, 0.3) is 10.9 Å². The first-order chi connectivity index (χ1) is 64.1. The Balaban J connectivity index is 1.20. The van der Waals surface area contributed by atoms with E-state index in [0.717, 1.165) is 37.5 Å². The van der Waals surface area contributed by atoms with Crippen molar-refractivity contribution in [2.24, 2.45) is 23.1 Å². The number of benzene rings is 3. The average Bonchev–Trinajstić information content (AvgIpc) is 1.66. The number of guanidine groups is 1. The summed E-state index contributed by atoms with van der Waals surface area (Å²) in [5, 5.41) is 87.0. The number of β-amino-alcohol motifs (C(OH)–C–C–N with tert-alkyl or cyclic N) is 1. The molecule has 3 aromatic carbocycles. The second-order valence-corrected chi connectivity index (χ2v) is 34.3. The van der Waals surface area contributed by atoms with Gasteiger partial charge in [0.25, 0.3) is 0 Å². The minimum absolute atomic E-state index is 0.0161. The highest BCUT2D eigenvalue weighted by atomic mass is 16.4. The molecule has 2 saturated heterocycles. The van der Waals surface area contributed by atoms with Gasteiger partial charge in [0, 0.05) is 102 Å². The van der Waals surface area contributed by atoms with Crippen LogP contribution in [0.15, 0.2) is 91.1 Å². The zero-order valence-corrected chi connectivity index (χ0v) is 77.1. The number of aromatic nitrogens is 1. The number of hydrogen-bond acceptors (Lipinski definition) is 22. The fourth-order valence-electron chi connectivity index (χ4n) is 15.9. The zero-order valence-electron chi connectivity index (χ0n) is 77.1. The Hall–Kier alpha value is -12.7. The number of nitrogens with zero attached hydrogens (tertiary/aromatic N) is 2. The van der Waals surface area contributed by atoms with E-state index >= 15 is 19.2 Å². The molecule has 0 saturated carbocycles. The molecule has 42 nitrogen and oxygen atoms in total. The summed E-state index contributed by atoms with van der Waals surface area (Å²) in [6.45, 7) is 3.89. The number of nitrogens with one attached hydrogen (secondary N) is 16. The highest BCUT2D eigenvalue weighted by molar-refractivity contribution is 6.01. The molecule has 42 heteroatoms. The minimum Gasteiger partial charge on any atom is -0.481 e. The van der Waals surface area contributed by atoms with Gasteiger partial charge in [-0.15, -0.1) is 0 Å². The molecule has 16 amide bonds. The van der Waals surface area contributed by atoms with Crippen molar-refractivity contribution in [2.75, 3.05) is 59.0 Å². The molecule has 3 unspecified atom stereocenters. The quantitative estimate of drug-likeness (QED) is 0.0132. The van der Waals surface area contributed by atoms with Crippen molar-refractivity contribution in [3.63, 3.8) is 0 Å². The summed E-state index contributed by atoms with van der Waals surface area (Å²) in [5.74, 6) is -15.7. The number of carbonyl (C=O) groups is 17. The van der Waals surface area contributed by atoms with E-state index in [9.17, 15) is 82.8 Å². The van der Waals surface area contributed by atoms with Crippen molar-refractivity contribution in [3.8, 4) is 0 Å². The van der Waals surface area contributed by atoms with Crippen molar-refractivity contribution >= 4 is 117 Å². The predicted molar refractivity (Wildman–Crippen MR) is 495 cm³/mol. The SMILES string of the molecule is CCCCCCCCCCCC(=O)NCCC(=O)NCCCC[C@H](NC(=O)[C@H](CO)NC(C)=O)C(=O)N[C@@H](CO)C(=O)N[C@@H](Cc1ccccc1)C(=O)N[C@@H](CCC(=O)O)C(=O)N1C[C@H](O)CC1C(=O)N[C@H](Cc1ccccc1)C(=O)N[C@@H](CCCNC(=N)N)C(=O)N[C@@H](Cc1c[nH]c2ccccc12)C(=O)NCC(=O)NC(CCCCN)C(=O)N1CCCC1C(=O)N[C@H](C(N)=O)C(C)C. The van der Waals surface area contributed by atoms with Crippen LogP contribution in [0.5, 0.6) is 0 Å². The lowest BCUT2D eigenvalue weighted by Gasteiger charge is -2.31. The van der Waals surface area contributed by atoms with Crippen LogP contribution < -0.4 is 91.6 Å². The minimum atomic E-state index is -1.89. The molecule has 13 atom stereocenters. The number of H-pyrrole nitrogens is 1. The molecule has 0 aliphatic carbocycles. The fraction of sp³-hybridized carbons (Fsp3) is 0.587. The van der Waals surface area contributed by atoms with E-state index in [1.165, 1.54) is 37.0 Å². The predicted octanol–water partition coefficient (Wildman–Crippen LogP) is -1.77. The van der Waals surface area contributed by atoms with Crippen molar-refractivity contribution in [1.82, 2.24) is 89.2 Å². The van der Waals surface area contributed by atoms with Gasteiger partial charge < -0.3 is 127 Å². The molecule has 26 N–H and O–H groups in total. The first-order valence-corrected chi connectivity index (χ1v) is 46.4. The van der Waals surface area contributed by atoms with Crippen molar-refractivity contribution in [1.29, 1.82) is 5.41 Å². The number of para-hydroxylation sites is 1. The van der Waals surface area contributed by atoms with E-state index in [1.54, 1.807) is 105 Å². The van der Waals surface area contributed by atoms with E-state index in [2.05, 4.69) is 86.3 Å². The number of unbranched alkanes of at least 4 members (excludes halogenated alkanes) is 10. The average molecular weight is 1880 g/mol. The van der Waals surface area contributed by atoms with Gasteiger partial charge in [0.05, 0.1) is 25.9 Å². The van der Waals surface area contributed by atoms with Gasteiger partial charge in [0.1, 0.15) is 72.5 Å². The number of aliphatic hydroxyl groups excluding tert-OH is 3. The number of aromatic amines is 1. The summed E-state index contributed by atoms with van der Waals surface area (Å²) in [5.41, 5.74) is 19.1. The van der Waals surface area contributed by atoms with Crippen LogP contribution in [0.1, 0.15) is 198 Å². The number of aliphatic carboxylic acids is 1. The van der Waals surface area contributed by atoms with Gasteiger partial charge in [0.15, 0.2) is 5.96 Å². The van der Waals surface area contributed by atoms with E-state index < -0.39 is 219 Å². The maximum atomic E-state index is 15.2. The first-order valence-electron chi connectivity index (χ1n) is 46.4. The fourth-order valence-corrected chi connectivity index (χ4v) is 15.9. The monoisotopic (exact) mass is 1870 g/mol. The maximum absolute atomic E-state index is 15.2. The number of rotatable bonds is 62. The number of primary amides is 1. The van der Waals surface area contributed by atoms with Crippen LogP contribution in [0, 0.1) is 11.3 Å². The molecular weight excluding hydrogens is 1740 g/mol. The normalized spacial score (nSPS) is 16.2. The van der Waals surface area contributed by atoms with Crippen LogP contribution in [-0.4, -0.2) is 279 Å². The molecule has 2 aliphatic heterocycles. The summed E-state index contributed by atoms with van der Waals surface area (Å²) in [7, 11) is 0. The second kappa shape index (κ2) is 59.0. The topological polar surface area (TPSA) is 664 Å². The van der Waals surface area contributed by atoms with Gasteiger partial charge in [-0.1, -0.05) is 151 Å². The lowest BCUT2D eigenvalue weighted by atomic mass is 10.0. The lowest BCUT2D eigenvalue weighted by molar-refractivity contribution is -0.143. The van der Waals surface area contributed by atoms with Gasteiger partial charge in [0.2, 0.25) is 94.5 Å². The van der Waals surface area contributed by atoms with Crippen molar-refractivity contribution in [3.05, 3.63) is 108 Å². The molecule has 134 heavy (non-hydrogen) atoms. The Morgan fingerprint density at radius 3 is 1.54 bits per heavy atom. The van der Waals surface area contributed by atoms with Crippen LogP contribution in [0.3, 0.4) is 0 Å². The largest absolute Gasteiger partial charge is 0.481 e. The number of aliphatic hydroxyl groups is 3. The smallest absolute Gasteiger partial charge is 0.303 e. The lowest BCUT2D eigenvalue weighted by Crippen LogP contribution is -2.61. The highest BCUT2D eigenvalue weighted by Crippen LogP contribution is 2.25. The Labute approximate surface area is 780 Å². The number of hydrogen-bond donors (Lipinski definition) is 23. The van der Waals surface area contributed by atoms with Crippen LogP contribution in [0.4, 0.5) is 0 Å². The molecule has 2 aliphatic rings. The van der Waals surface area contributed by atoms with Gasteiger partial charge in [-0.05, 0) is 112 Å². The highest BCUT2D eigenvalue weighted by Gasteiger charge is 2.45. The van der Waals surface area contributed by atoms with Gasteiger partial charge in [-0.2, -0.15) is 0 Å². The summed E-state index contributed by atoms with van der Waals surface area (Å²) >= 11 is 0. The Morgan fingerprint density at radius 1 is 0.470 bits per heavy atom. The van der Waals surface area contributed by atoms with E-state index in [4.69, 9.17) is 22.6 Å². The van der Waals surface area contributed by atoms with E-state index in [0.29, 0.717) is 53.3 Å². The number of likely N-dealkylation sites (tertiary alicyclic amines) is 2. The van der Waals surface area contributed by atoms with Crippen LogP contribution >= 0.6 is 0 Å². The Morgan fingerprint density at radius 2 is 0.955 bits per heavy atom. The Kier molecular flexibility index (Phi) is 48.5. The molecule has 738 valence electrons. The second-order valence-electron chi connectivity index (χ2n) is 34.3. The van der Waals surface area contributed by atoms with Crippen molar-refractivity contribution < 1.29 is 102 Å². The number of carbonyl (C=O) groups excluding carboxylic acids is 16. The molecule has 4 aromatic rings. The number of carboxylic acid groups (broad SMARTS) is 1. The number of nitrogens with two attached hydrogens (primary N) is 3. The molecule has 6 rings (SSSR count). The zero-order chi connectivity index (χ0) is 98.2. The maximum Gasteiger partial charge on any atom is 0.303 e. The van der Waals surface area contributed by atoms with Crippen LogP contribution in [0.2, 0.25) is 0 Å². The third-order valence-corrected chi connectivity index (χ3v) is 23.2. The molecule has 0 bridgehead atoms.